The quantitative estimate of drug-likeness (QED) is 0.709. The minimum Gasteiger partial charge on any atom is -0.497 e. The van der Waals surface area contributed by atoms with Gasteiger partial charge in [0, 0.05) is 30.9 Å². The monoisotopic (exact) mass is 378 g/mol. The van der Waals surface area contributed by atoms with Crippen LogP contribution in [-0.2, 0) is 6.54 Å². The summed E-state index contributed by atoms with van der Waals surface area (Å²) in [5.41, 5.74) is 2.97. The van der Waals surface area contributed by atoms with Gasteiger partial charge in [0.05, 0.1) is 7.11 Å². The highest BCUT2D eigenvalue weighted by molar-refractivity contribution is 5.89. The third-order valence-electron chi connectivity index (χ3n) is 4.83. The number of anilines is 1. The van der Waals surface area contributed by atoms with Gasteiger partial charge >= 0.3 is 11.8 Å². The highest BCUT2D eigenvalue weighted by atomic mass is 16.5. The van der Waals surface area contributed by atoms with Gasteiger partial charge in [0.15, 0.2) is 0 Å². The second-order valence-corrected chi connectivity index (χ2v) is 6.69. The van der Waals surface area contributed by atoms with Crippen LogP contribution < -0.4 is 15.0 Å². The number of carbonyl (C=O) groups is 1. The van der Waals surface area contributed by atoms with Crippen LogP contribution in [0.5, 0.6) is 5.75 Å². The summed E-state index contributed by atoms with van der Waals surface area (Å²) in [5.74, 6) is 0.727. The molecule has 0 aliphatic carbocycles. The van der Waals surface area contributed by atoms with Crippen LogP contribution in [0.3, 0.4) is 0 Å². The molecule has 1 amide bonds. The highest BCUT2D eigenvalue weighted by Crippen LogP contribution is 2.24. The van der Waals surface area contributed by atoms with Gasteiger partial charge in [0.2, 0.25) is 5.82 Å². The average molecular weight is 378 g/mol. The lowest BCUT2D eigenvalue weighted by atomic mass is 10.2. The Kier molecular flexibility index (Phi) is 5.23. The number of aromatic nitrogens is 2. The number of methoxy groups -OCH3 is 1. The summed E-state index contributed by atoms with van der Waals surface area (Å²) < 4.78 is 10.3. The van der Waals surface area contributed by atoms with Crippen molar-refractivity contribution in [3.05, 3.63) is 60.0 Å². The normalized spacial score (nSPS) is 13.5. The highest BCUT2D eigenvalue weighted by Gasteiger charge is 2.17. The van der Waals surface area contributed by atoms with E-state index < -0.39 is 5.91 Å². The maximum atomic E-state index is 12.3. The molecule has 28 heavy (non-hydrogen) atoms. The fraction of sp³-hybridized carbons (Fsp3) is 0.286. The number of benzene rings is 2. The lowest BCUT2D eigenvalue weighted by Gasteiger charge is -2.17. The van der Waals surface area contributed by atoms with Crippen molar-refractivity contribution in [3.8, 4) is 17.1 Å². The molecule has 0 bridgehead atoms. The van der Waals surface area contributed by atoms with Crippen LogP contribution in [0.4, 0.5) is 5.69 Å². The predicted octanol–water partition coefficient (Wildman–Crippen LogP) is 3.28. The molecule has 0 atom stereocenters. The molecule has 144 valence electrons. The van der Waals surface area contributed by atoms with Gasteiger partial charge in [-0.3, -0.25) is 4.79 Å². The Hall–Kier alpha value is -3.35. The molecule has 7 heteroatoms. The fourth-order valence-electron chi connectivity index (χ4n) is 3.23. The Bertz CT molecular complexity index is 929. The summed E-state index contributed by atoms with van der Waals surface area (Å²) in [4.78, 5) is 18.9. The van der Waals surface area contributed by atoms with Crippen LogP contribution in [0.1, 0.15) is 29.1 Å². The number of nitrogens with one attached hydrogen (secondary N) is 1. The number of rotatable bonds is 6. The molecular formula is C21H22N4O3. The van der Waals surface area contributed by atoms with E-state index in [1.165, 1.54) is 18.5 Å². The molecule has 2 aromatic carbocycles. The van der Waals surface area contributed by atoms with Crippen LogP contribution in [-0.4, -0.2) is 36.2 Å². The molecule has 0 spiro atoms. The summed E-state index contributed by atoms with van der Waals surface area (Å²) in [7, 11) is 1.61. The van der Waals surface area contributed by atoms with Gasteiger partial charge in [0.25, 0.3) is 0 Å². The summed E-state index contributed by atoms with van der Waals surface area (Å²) in [6.45, 7) is 2.56. The molecule has 1 fully saturated rings. The van der Waals surface area contributed by atoms with Crippen molar-refractivity contribution < 1.29 is 14.1 Å². The van der Waals surface area contributed by atoms with Gasteiger partial charge in [0.1, 0.15) is 5.75 Å². The van der Waals surface area contributed by atoms with E-state index >= 15 is 0 Å². The first-order valence-electron chi connectivity index (χ1n) is 9.33. The zero-order chi connectivity index (χ0) is 19.3. The third kappa shape index (κ3) is 3.98. The summed E-state index contributed by atoms with van der Waals surface area (Å²) >= 11 is 0. The van der Waals surface area contributed by atoms with Gasteiger partial charge in [-0.2, -0.15) is 4.98 Å². The van der Waals surface area contributed by atoms with Crippen molar-refractivity contribution in [2.75, 3.05) is 25.1 Å². The zero-order valence-corrected chi connectivity index (χ0v) is 15.7. The van der Waals surface area contributed by atoms with E-state index in [-0.39, 0.29) is 5.89 Å². The topological polar surface area (TPSA) is 80.5 Å². The van der Waals surface area contributed by atoms with E-state index in [0.29, 0.717) is 12.4 Å². The Balaban J connectivity index is 1.38. The minimum atomic E-state index is -0.400. The van der Waals surface area contributed by atoms with Crippen molar-refractivity contribution in [2.24, 2.45) is 0 Å². The summed E-state index contributed by atoms with van der Waals surface area (Å²) in [6, 6.07) is 15.5. The van der Waals surface area contributed by atoms with E-state index in [9.17, 15) is 4.79 Å². The molecule has 0 unspecified atom stereocenters. The lowest BCUT2D eigenvalue weighted by molar-refractivity contribution is 0.0907. The zero-order valence-electron chi connectivity index (χ0n) is 15.7. The van der Waals surface area contributed by atoms with Crippen LogP contribution >= 0.6 is 0 Å². The number of hydrogen-bond donors (Lipinski definition) is 1. The second-order valence-electron chi connectivity index (χ2n) is 6.69. The number of nitrogens with zero attached hydrogens (tertiary/aromatic N) is 3. The van der Waals surface area contributed by atoms with Crippen molar-refractivity contribution >= 4 is 11.6 Å². The van der Waals surface area contributed by atoms with Crippen LogP contribution in [0.2, 0.25) is 0 Å². The number of amides is 1. The maximum Gasteiger partial charge on any atom is 0.316 e. The smallest absolute Gasteiger partial charge is 0.316 e. The summed E-state index contributed by atoms with van der Waals surface area (Å²) in [6.07, 6.45) is 2.48. The fourth-order valence-corrected chi connectivity index (χ4v) is 3.23. The minimum absolute atomic E-state index is 0.0490. The molecule has 3 aromatic rings. The van der Waals surface area contributed by atoms with Gasteiger partial charge < -0.3 is 19.5 Å². The number of ether oxygens (including phenoxy) is 1. The van der Waals surface area contributed by atoms with Crippen molar-refractivity contribution in [1.29, 1.82) is 0 Å². The van der Waals surface area contributed by atoms with Crippen molar-refractivity contribution in [2.45, 2.75) is 19.4 Å². The first-order valence-corrected chi connectivity index (χ1v) is 9.33. The predicted molar refractivity (Wildman–Crippen MR) is 105 cm³/mol. The second kappa shape index (κ2) is 8.12. The van der Waals surface area contributed by atoms with E-state index in [2.05, 4.69) is 32.5 Å². The maximum absolute atomic E-state index is 12.3. The molecule has 1 aliphatic heterocycles. The molecule has 0 radical (unpaired) electrons. The molecule has 0 saturated carbocycles. The van der Waals surface area contributed by atoms with E-state index in [0.717, 1.165) is 30.0 Å². The van der Waals surface area contributed by atoms with Crippen LogP contribution in [0.25, 0.3) is 11.4 Å². The van der Waals surface area contributed by atoms with Crippen molar-refractivity contribution in [3.63, 3.8) is 0 Å². The van der Waals surface area contributed by atoms with Gasteiger partial charge in [-0.15, -0.1) is 0 Å². The Morgan fingerprint density at radius 3 is 2.50 bits per heavy atom. The molecule has 1 N–H and O–H groups in total. The van der Waals surface area contributed by atoms with Crippen LogP contribution in [0.15, 0.2) is 53.1 Å². The number of carbonyl (C=O) groups excluding carboxylic acids is 1. The molecule has 1 saturated heterocycles. The SMILES string of the molecule is COc1ccc(CNC(=O)c2nc(-c3ccc(N4CCCC4)cc3)no2)cc1. The van der Waals surface area contributed by atoms with Gasteiger partial charge in [-0.25, -0.2) is 0 Å². The molecule has 1 aromatic heterocycles. The molecular weight excluding hydrogens is 356 g/mol. The molecule has 1 aliphatic rings. The average Bonchev–Trinajstić information content (AvgIpc) is 3.45. The van der Waals surface area contributed by atoms with E-state index in [1.54, 1.807) is 7.11 Å². The van der Waals surface area contributed by atoms with E-state index in [4.69, 9.17) is 9.26 Å². The Morgan fingerprint density at radius 1 is 1.11 bits per heavy atom. The molecule has 7 nitrogen and oxygen atoms in total. The van der Waals surface area contributed by atoms with Gasteiger partial charge in [-0.1, -0.05) is 17.3 Å². The van der Waals surface area contributed by atoms with E-state index in [1.807, 2.05) is 36.4 Å². The molecule has 2 heterocycles. The summed E-state index contributed by atoms with van der Waals surface area (Å²) in [5, 5.41) is 6.72. The van der Waals surface area contributed by atoms with Crippen LogP contribution in [0, 0.1) is 0 Å². The largest absolute Gasteiger partial charge is 0.497 e. The number of hydrogen-bond acceptors (Lipinski definition) is 6. The first kappa shape index (κ1) is 18.0. The lowest BCUT2D eigenvalue weighted by Crippen LogP contribution is -2.23. The molecule has 4 rings (SSSR count). The van der Waals surface area contributed by atoms with Gasteiger partial charge in [-0.05, 0) is 54.8 Å². The first-order chi connectivity index (χ1) is 13.7. The Labute approximate surface area is 163 Å². The third-order valence-corrected chi connectivity index (χ3v) is 4.83. The Morgan fingerprint density at radius 2 is 1.82 bits per heavy atom. The standard InChI is InChI=1S/C21H22N4O3/c1-27-18-10-4-15(5-11-18)14-22-20(26)21-23-19(24-28-21)16-6-8-17(9-7-16)25-12-2-3-13-25/h4-11H,2-3,12-14H2,1H3,(H,22,26). The van der Waals surface area contributed by atoms with Crippen molar-refractivity contribution in [1.82, 2.24) is 15.5 Å².